The number of hydrogen-bond acceptors (Lipinski definition) is 4. The van der Waals surface area contributed by atoms with Crippen LogP contribution in [-0.4, -0.2) is 40.7 Å². The number of hydrogen-bond donors (Lipinski definition) is 0. The Hall–Kier alpha value is -2.22. The predicted octanol–water partition coefficient (Wildman–Crippen LogP) is 3.62. The maximum Gasteiger partial charge on any atom is 0.416 e. The number of aromatic nitrogens is 1. The van der Waals surface area contributed by atoms with E-state index >= 15 is 0 Å². The van der Waals surface area contributed by atoms with E-state index in [1.54, 1.807) is 4.90 Å². The van der Waals surface area contributed by atoms with E-state index in [0.29, 0.717) is 18.8 Å². The van der Waals surface area contributed by atoms with Gasteiger partial charge in [-0.2, -0.15) is 13.2 Å². The highest BCUT2D eigenvalue weighted by atomic mass is 32.2. The van der Waals surface area contributed by atoms with E-state index in [-0.39, 0.29) is 17.9 Å². The Morgan fingerprint density at radius 1 is 1.23 bits per heavy atom. The summed E-state index contributed by atoms with van der Waals surface area (Å²) in [5.74, 6) is 1.05. The molecule has 138 valence electrons. The first-order chi connectivity index (χ1) is 12.4. The van der Waals surface area contributed by atoms with Crippen LogP contribution in [0.5, 0.6) is 5.88 Å². The van der Waals surface area contributed by atoms with E-state index in [1.807, 2.05) is 30.3 Å². The van der Waals surface area contributed by atoms with E-state index in [9.17, 15) is 18.0 Å². The van der Waals surface area contributed by atoms with Gasteiger partial charge >= 0.3 is 6.18 Å². The number of halogens is 3. The molecule has 1 aromatic heterocycles. The zero-order chi connectivity index (χ0) is 18.6. The molecule has 26 heavy (non-hydrogen) atoms. The molecule has 2 heterocycles. The van der Waals surface area contributed by atoms with Gasteiger partial charge in [-0.05, 0) is 11.6 Å². The molecule has 0 unspecified atom stereocenters. The summed E-state index contributed by atoms with van der Waals surface area (Å²) in [6.45, 7) is 0.727. The minimum Gasteiger partial charge on any atom is -0.471 e. The molecule has 0 bridgehead atoms. The molecular weight excluding hydrogens is 365 g/mol. The monoisotopic (exact) mass is 382 g/mol. The van der Waals surface area contributed by atoms with Gasteiger partial charge in [0.1, 0.15) is 6.10 Å². The van der Waals surface area contributed by atoms with Crippen molar-refractivity contribution in [1.82, 2.24) is 9.88 Å². The molecular formula is C18H17F3N2O2S. The minimum absolute atomic E-state index is 0.00258. The van der Waals surface area contributed by atoms with E-state index < -0.39 is 11.7 Å². The van der Waals surface area contributed by atoms with Crippen molar-refractivity contribution in [3.05, 3.63) is 59.8 Å². The third-order valence-electron chi connectivity index (χ3n) is 3.89. The normalized spacial score (nSPS) is 14.8. The summed E-state index contributed by atoms with van der Waals surface area (Å²) in [6, 6.07) is 11.6. The highest BCUT2D eigenvalue weighted by molar-refractivity contribution is 7.99. The number of alkyl halides is 3. The lowest BCUT2D eigenvalue weighted by Crippen LogP contribution is -2.56. The number of pyridine rings is 1. The molecule has 4 nitrogen and oxygen atoms in total. The second-order valence-electron chi connectivity index (χ2n) is 5.90. The van der Waals surface area contributed by atoms with Crippen LogP contribution in [0.2, 0.25) is 0 Å². The molecule has 0 N–H and O–H groups in total. The van der Waals surface area contributed by atoms with E-state index in [1.165, 1.54) is 11.8 Å². The van der Waals surface area contributed by atoms with Crippen molar-refractivity contribution in [2.24, 2.45) is 0 Å². The van der Waals surface area contributed by atoms with Crippen LogP contribution in [0.3, 0.4) is 0 Å². The van der Waals surface area contributed by atoms with Crippen LogP contribution in [0.25, 0.3) is 0 Å². The van der Waals surface area contributed by atoms with Gasteiger partial charge in [0.25, 0.3) is 0 Å². The third kappa shape index (κ3) is 4.91. The standard InChI is InChI=1S/C18H17F3N2O2S/c19-18(20,21)14-6-7-22-16(8-14)25-15-9-23(10-15)17(24)12-26-11-13-4-2-1-3-5-13/h1-8,15H,9-12H2. The number of nitrogens with zero attached hydrogens (tertiary/aromatic N) is 2. The fourth-order valence-electron chi connectivity index (χ4n) is 2.46. The molecule has 1 aromatic carbocycles. The summed E-state index contributed by atoms with van der Waals surface area (Å²) in [7, 11) is 0. The average Bonchev–Trinajstić information content (AvgIpc) is 2.58. The molecule has 2 aromatic rings. The van der Waals surface area contributed by atoms with Gasteiger partial charge in [0, 0.05) is 18.0 Å². The first-order valence-corrected chi connectivity index (χ1v) is 9.16. The number of carbonyl (C=O) groups is 1. The summed E-state index contributed by atoms with van der Waals surface area (Å²) in [5, 5.41) is 0. The Labute approximate surface area is 153 Å². The minimum atomic E-state index is -4.43. The molecule has 8 heteroatoms. The van der Waals surface area contributed by atoms with Crippen LogP contribution in [0, 0.1) is 0 Å². The Kier molecular flexibility index (Phi) is 5.70. The van der Waals surface area contributed by atoms with Crippen molar-refractivity contribution < 1.29 is 22.7 Å². The lowest BCUT2D eigenvalue weighted by atomic mass is 10.1. The number of rotatable bonds is 6. The first kappa shape index (κ1) is 18.6. The van der Waals surface area contributed by atoms with Crippen LogP contribution in [-0.2, 0) is 16.7 Å². The Bertz CT molecular complexity index is 750. The summed E-state index contributed by atoms with van der Waals surface area (Å²) in [4.78, 5) is 17.5. The molecule has 3 rings (SSSR count). The number of amides is 1. The van der Waals surface area contributed by atoms with Crippen LogP contribution in [0.4, 0.5) is 13.2 Å². The SMILES string of the molecule is O=C(CSCc1ccccc1)N1CC(Oc2cc(C(F)(F)F)ccn2)C1. The van der Waals surface area contributed by atoms with Crippen molar-refractivity contribution in [3.8, 4) is 5.88 Å². The summed E-state index contributed by atoms with van der Waals surface area (Å²) < 4.78 is 43.4. The second kappa shape index (κ2) is 7.99. The van der Waals surface area contributed by atoms with Gasteiger partial charge in [-0.15, -0.1) is 11.8 Å². The van der Waals surface area contributed by atoms with Gasteiger partial charge in [0.15, 0.2) is 0 Å². The predicted molar refractivity (Wildman–Crippen MR) is 92.8 cm³/mol. The fourth-order valence-corrected chi connectivity index (χ4v) is 3.35. The van der Waals surface area contributed by atoms with Crippen molar-refractivity contribution in [2.75, 3.05) is 18.8 Å². The topological polar surface area (TPSA) is 42.4 Å². The van der Waals surface area contributed by atoms with Crippen LogP contribution in [0.1, 0.15) is 11.1 Å². The van der Waals surface area contributed by atoms with Gasteiger partial charge in [0.2, 0.25) is 11.8 Å². The quantitative estimate of drug-likeness (QED) is 0.765. The largest absolute Gasteiger partial charge is 0.471 e. The van der Waals surface area contributed by atoms with Crippen LogP contribution >= 0.6 is 11.8 Å². The number of ether oxygens (including phenoxy) is 1. The van der Waals surface area contributed by atoms with Crippen molar-refractivity contribution in [1.29, 1.82) is 0 Å². The molecule has 1 fully saturated rings. The lowest BCUT2D eigenvalue weighted by molar-refractivity contribution is -0.138. The Morgan fingerprint density at radius 3 is 2.65 bits per heavy atom. The van der Waals surface area contributed by atoms with Crippen LogP contribution < -0.4 is 4.74 Å². The smallest absolute Gasteiger partial charge is 0.416 e. The molecule has 1 aliphatic rings. The van der Waals surface area contributed by atoms with Crippen LogP contribution in [0.15, 0.2) is 48.7 Å². The number of likely N-dealkylation sites (tertiary alicyclic amines) is 1. The van der Waals surface area contributed by atoms with Crippen molar-refractivity contribution >= 4 is 17.7 Å². The van der Waals surface area contributed by atoms with Gasteiger partial charge in [-0.3, -0.25) is 4.79 Å². The lowest BCUT2D eigenvalue weighted by Gasteiger charge is -2.38. The van der Waals surface area contributed by atoms with E-state index in [2.05, 4.69) is 4.98 Å². The molecule has 0 spiro atoms. The molecule has 0 aliphatic carbocycles. The van der Waals surface area contributed by atoms with Gasteiger partial charge < -0.3 is 9.64 Å². The van der Waals surface area contributed by atoms with E-state index in [4.69, 9.17) is 4.74 Å². The highest BCUT2D eigenvalue weighted by Gasteiger charge is 2.34. The van der Waals surface area contributed by atoms with Gasteiger partial charge in [-0.25, -0.2) is 4.98 Å². The molecule has 0 radical (unpaired) electrons. The zero-order valence-electron chi connectivity index (χ0n) is 13.8. The highest BCUT2D eigenvalue weighted by Crippen LogP contribution is 2.31. The molecule has 1 saturated heterocycles. The molecule has 0 saturated carbocycles. The first-order valence-electron chi connectivity index (χ1n) is 8.01. The van der Waals surface area contributed by atoms with Gasteiger partial charge in [0.05, 0.1) is 24.4 Å². The zero-order valence-corrected chi connectivity index (χ0v) is 14.6. The summed E-state index contributed by atoms with van der Waals surface area (Å²) in [6.07, 6.45) is -3.69. The molecule has 1 amide bonds. The fraction of sp³-hybridized carbons (Fsp3) is 0.333. The van der Waals surface area contributed by atoms with Crippen molar-refractivity contribution in [2.45, 2.75) is 18.0 Å². The second-order valence-corrected chi connectivity index (χ2v) is 6.88. The van der Waals surface area contributed by atoms with E-state index in [0.717, 1.165) is 29.6 Å². The maximum absolute atomic E-state index is 12.7. The average molecular weight is 382 g/mol. The summed E-state index contributed by atoms with van der Waals surface area (Å²) >= 11 is 1.53. The van der Waals surface area contributed by atoms with Gasteiger partial charge in [-0.1, -0.05) is 30.3 Å². The third-order valence-corrected chi connectivity index (χ3v) is 4.88. The number of carbonyl (C=O) groups excluding carboxylic acids is 1. The molecule has 0 atom stereocenters. The number of benzene rings is 1. The Balaban J connectivity index is 1.40. The molecule has 1 aliphatic heterocycles. The maximum atomic E-state index is 12.7. The van der Waals surface area contributed by atoms with Crippen molar-refractivity contribution in [3.63, 3.8) is 0 Å². The summed E-state index contributed by atoms with van der Waals surface area (Å²) in [5.41, 5.74) is 0.359. The number of thioether (sulfide) groups is 1. The Morgan fingerprint density at radius 2 is 1.96 bits per heavy atom.